The molecule has 0 fully saturated rings. The maximum Gasteiger partial charge on any atom is 0.165 e. The quantitative estimate of drug-likeness (QED) is 0.414. The average Bonchev–Trinajstić information content (AvgIpc) is 3.04. The lowest BCUT2D eigenvalue weighted by atomic mass is 9.92. The minimum absolute atomic E-state index is 0.131. The summed E-state index contributed by atoms with van der Waals surface area (Å²) in [4.78, 5) is 5.00. The fourth-order valence-electron chi connectivity index (χ4n) is 3.40. The smallest absolute Gasteiger partial charge is 0.165 e. The van der Waals surface area contributed by atoms with Crippen LogP contribution in [0.2, 0.25) is 5.02 Å². The fraction of sp³-hybridized carbons (Fsp3) is 0.250. The zero-order valence-electron chi connectivity index (χ0n) is 17.8. The van der Waals surface area contributed by atoms with Crippen molar-refractivity contribution in [3.05, 3.63) is 71.0 Å². The highest BCUT2D eigenvalue weighted by Gasteiger charge is 2.23. The first-order chi connectivity index (χ1) is 14.3. The summed E-state index contributed by atoms with van der Waals surface area (Å²) in [6.45, 7) is 8.45. The SMILES string of the molecule is COc1ccc(Nc2cc(C(C)(C)C)nc3c(-c4ccccc4Cl)c(C)nn23)cc1. The van der Waals surface area contributed by atoms with Gasteiger partial charge in [-0.05, 0) is 37.3 Å². The van der Waals surface area contributed by atoms with E-state index in [0.717, 1.165) is 45.4 Å². The van der Waals surface area contributed by atoms with Gasteiger partial charge in [-0.1, -0.05) is 50.6 Å². The minimum atomic E-state index is -0.131. The number of benzene rings is 2. The van der Waals surface area contributed by atoms with Crippen LogP contribution < -0.4 is 10.1 Å². The van der Waals surface area contributed by atoms with Gasteiger partial charge in [0.2, 0.25) is 0 Å². The molecule has 5 nitrogen and oxygen atoms in total. The Morgan fingerprint density at radius 3 is 2.37 bits per heavy atom. The van der Waals surface area contributed by atoms with Crippen LogP contribution in [-0.4, -0.2) is 21.7 Å². The molecule has 0 radical (unpaired) electrons. The lowest BCUT2D eigenvalue weighted by Crippen LogP contribution is -2.16. The molecule has 0 unspecified atom stereocenters. The zero-order chi connectivity index (χ0) is 21.5. The van der Waals surface area contributed by atoms with Gasteiger partial charge in [0, 0.05) is 27.8 Å². The van der Waals surface area contributed by atoms with E-state index in [0.29, 0.717) is 5.02 Å². The van der Waals surface area contributed by atoms with Crippen molar-refractivity contribution in [3.8, 4) is 16.9 Å². The van der Waals surface area contributed by atoms with Crippen LogP contribution in [-0.2, 0) is 5.41 Å². The molecular weight excluding hydrogens is 396 g/mol. The standard InChI is InChI=1S/C24H25ClN4O/c1-15-22(18-8-6-7-9-19(18)25)23-27-20(24(2,3)4)14-21(29(23)28-15)26-16-10-12-17(30-5)13-11-16/h6-14,26H,1-5H3. The Bertz CT molecular complexity index is 1210. The van der Waals surface area contributed by atoms with Gasteiger partial charge < -0.3 is 10.1 Å². The number of hydrogen-bond donors (Lipinski definition) is 1. The largest absolute Gasteiger partial charge is 0.497 e. The van der Waals surface area contributed by atoms with Crippen LogP contribution in [0.1, 0.15) is 32.2 Å². The molecule has 0 aliphatic rings. The number of methoxy groups -OCH3 is 1. The molecule has 1 N–H and O–H groups in total. The second kappa shape index (κ2) is 7.65. The predicted octanol–water partition coefficient (Wildman–Crippen LogP) is 6.41. The van der Waals surface area contributed by atoms with Crippen molar-refractivity contribution in [2.45, 2.75) is 33.1 Å². The van der Waals surface area contributed by atoms with Gasteiger partial charge in [0.25, 0.3) is 0 Å². The molecule has 0 saturated heterocycles. The van der Waals surface area contributed by atoms with Gasteiger partial charge in [0.05, 0.1) is 24.1 Å². The van der Waals surface area contributed by atoms with Crippen molar-refractivity contribution in [1.29, 1.82) is 0 Å². The highest BCUT2D eigenvalue weighted by Crippen LogP contribution is 2.36. The number of hydrogen-bond acceptors (Lipinski definition) is 4. The number of nitrogens with one attached hydrogen (secondary N) is 1. The molecule has 0 aliphatic heterocycles. The molecule has 0 atom stereocenters. The summed E-state index contributed by atoms with van der Waals surface area (Å²) in [5.74, 6) is 1.66. The highest BCUT2D eigenvalue weighted by molar-refractivity contribution is 6.33. The third kappa shape index (κ3) is 3.73. The Labute approximate surface area is 181 Å². The fourth-order valence-corrected chi connectivity index (χ4v) is 3.63. The summed E-state index contributed by atoms with van der Waals surface area (Å²) in [5.41, 5.74) is 5.32. The highest BCUT2D eigenvalue weighted by atomic mass is 35.5. The summed E-state index contributed by atoms with van der Waals surface area (Å²) in [5, 5.41) is 8.96. The Balaban J connectivity index is 1.93. The number of aryl methyl sites for hydroxylation is 1. The molecule has 4 aromatic rings. The van der Waals surface area contributed by atoms with Gasteiger partial charge >= 0.3 is 0 Å². The molecule has 0 bridgehead atoms. The van der Waals surface area contributed by atoms with E-state index in [1.165, 1.54) is 0 Å². The van der Waals surface area contributed by atoms with Crippen LogP contribution in [0.4, 0.5) is 11.5 Å². The molecule has 6 heteroatoms. The summed E-state index contributed by atoms with van der Waals surface area (Å²) in [6.07, 6.45) is 0. The van der Waals surface area contributed by atoms with Crippen molar-refractivity contribution < 1.29 is 4.74 Å². The minimum Gasteiger partial charge on any atom is -0.497 e. The van der Waals surface area contributed by atoms with Crippen LogP contribution in [0.3, 0.4) is 0 Å². The Kier molecular flexibility index (Phi) is 5.16. The third-order valence-electron chi connectivity index (χ3n) is 5.04. The van der Waals surface area contributed by atoms with Crippen LogP contribution >= 0.6 is 11.6 Å². The summed E-state index contributed by atoms with van der Waals surface area (Å²) in [6, 6.07) is 17.7. The molecule has 2 aromatic heterocycles. The Morgan fingerprint density at radius 1 is 1.03 bits per heavy atom. The van der Waals surface area contributed by atoms with Crippen molar-refractivity contribution >= 4 is 28.8 Å². The van der Waals surface area contributed by atoms with Gasteiger partial charge in [0.1, 0.15) is 11.6 Å². The van der Waals surface area contributed by atoms with Gasteiger partial charge in [-0.15, -0.1) is 0 Å². The average molecular weight is 421 g/mol. The van der Waals surface area contributed by atoms with Gasteiger partial charge in [-0.25, -0.2) is 4.98 Å². The lowest BCUT2D eigenvalue weighted by Gasteiger charge is -2.20. The molecule has 154 valence electrons. The van der Waals surface area contributed by atoms with E-state index in [2.05, 4.69) is 32.2 Å². The first-order valence-electron chi connectivity index (χ1n) is 9.85. The third-order valence-corrected chi connectivity index (χ3v) is 5.37. The van der Waals surface area contributed by atoms with Crippen molar-refractivity contribution in [2.75, 3.05) is 12.4 Å². The summed E-state index contributed by atoms with van der Waals surface area (Å²) in [7, 11) is 1.66. The number of rotatable bonds is 4. The number of aromatic nitrogens is 3. The number of ether oxygens (including phenoxy) is 1. The molecule has 0 spiro atoms. The molecule has 30 heavy (non-hydrogen) atoms. The van der Waals surface area contributed by atoms with E-state index in [9.17, 15) is 0 Å². The van der Waals surface area contributed by atoms with Crippen LogP contribution in [0.5, 0.6) is 5.75 Å². The number of anilines is 2. The molecule has 2 heterocycles. The second-order valence-corrected chi connectivity index (χ2v) is 8.71. The monoisotopic (exact) mass is 420 g/mol. The molecular formula is C24H25ClN4O. The van der Waals surface area contributed by atoms with E-state index < -0.39 is 0 Å². The van der Waals surface area contributed by atoms with Crippen molar-refractivity contribution in [2.24, 2.45) is 0 Å². The van der Waals surface area contributed by atoms with E-state index >= 15 is 0 Å². The molecule has 0 saturated carbocycles. The van der Waals surface area contributed by atoms with E-state index in [1.807, 2.05) is 60.0 Å². The van der Waals surface area contributed by atoms with E-state index in [1.54, 1.807) is 7.11 Å². The Morgan fingerprint density at radius 2 is 1.73 bits per heavy atom. The summed E-state index contributed by atoms with van der Waals surface area (Å²) < 4.78 is 7.12. The lowest BCUT2D eigenvalue weighted by molar-refractivity contribution is 0.415. The van der Waals surface area contributed by atoms with E-state index in [4.69, 9.17) is 26.4 Å². The number of fused-ring (bicyclic) bond motifs is 1. The van der Waals surface area contributed by atoms with Gasteiger partial charge in [-0.3, -0.25) is 0 Å². The molecule has 4 rings (SSSR count). The first kappa shape index (κ1) is 20.2. The summed E-state index contributed by atoms with van der Waals surface area (Å²) >= 11 is 6.52. The number of nitrogens with zero attached hydrogens (tertiary/aromatic N) is 3. The normalized spacial score (nSPS) is 11.7. The van der Waals surface area contributed by atoms with Crippen molar-refractivity contribution in [1.82, 2.24) is 14.6 Å². The first-order valence-corrected chi connectivity index (χ1v) is 10.2. The van der Waals surface area contributed by atoms with E-state index in [-0.39, 0.29) is 5.41 Å². The van der Waals surface area contributed by atoms with Crippen molar-refractivity contribution in [3.63, 3.8) is 0 Å². The molecule has 0 amide bonds. The van der Waals surface area contributed by atoms with Gasteiger partial charge in [0.15, 0.2) is 5.65 Å². The zero-order valence-corrected chi connectivity index (χ0v) is 18.6. The number of halogens is 1. The molecule has 2 aromatic carbocycles. The Hall–Kier alpha value is -3.05. The second-order valence-electron chi connectivity index (χ2n) is 8.31. The van der Waals surface area contributed by atoms with Crippen LogP contribution in [0.25, 0.3) is 16.8 Å². The maximum atomic E-state index is 6.52. The topological polar surface area (TPSA) is 51.5 Å². The van der Waals surface area contributed by atoms with Crippen LogP contribution in [0, 0.1) is 6.92 Å². The predicted molar refractivity (Wildman–Crippen MR) is 123 cm³/mol. The van der Waals surface area contributed by atoms with Crippen LogP contribution in [0.15, 0.2) is 54.6 Å². The maximum absolute atomic E-state index is 6.52. The van der Waals surface area contributed by atoms with Gasteiger partial charge in [-0.2, -0.15) is 9.61 Å². The molecule has 0 aliphatic carbocycles.